The second kappa shape index (κ2) is 8.55. The lowest BCUT2D eigenvalue weighted by molar-refractivity contribution is 0.295. The molecule has 0 spiro atoms. The average Bonchev–Trinajstić information content (AvgIpc) is 2.48. The van der Waals surface area contributed by atoms with Crippen molar-refractivity contribution < 1.29 is 5.11 Å². The highest BCUT2D eigenvalue weighted by atomic mass is 32.2. The van der Waals surface area contributed by atoms with Crippen molar-refractivity contribution in [1.29, 1.82) is 0 Å². The summed E-state index contributed by atoms with van der Waals surface area (Å²) in [6.45, 7) is 7.00. The molecule has 0 aliphatic carbocycles. The first-order valence-electron chi connectivity index (χ1n) is 7.55. The predicted octanol–water partition coefficient (Wildman–Crippen LogP) is 2.35. The fourth-order valence-corrected chi connectivity index (χ4v) is 3.42. The van der Waals surface area contributed by atoms with Crippen molar-refractivity contribution in [2.24, 2.45) is 0 Å². The molecular weight excluding hydrogens is 268 g/mol. The molecule has 1 aliphatic heterocycles. The van der Waals surface area contributed by atoms with E-state index >= 15 is 0 Å². The molecule has 20 heavy (non-hydrogen) atoms. The van der Waals surface area contributed by atoms with E-state index in [1.165, 1.54) is 36.7 Å². The Morgan fingerprint density at radius 3 is 2.65 bits per heavy atom. The van der Waals surface area contributed by atoms with Gasteiger partial charge in [-0.05, 0) is 37.5 Å². The highest BCUT2D eigenvalue weighted by molar-refractivity contribution is 7.99. The number of benzene rings is 1. The van der Waals surface area contributed by atoms with Gasteiger partial charge in [0.2, 0.25) is 0 Å². The molecule has 1 aromatic rings. The molecule has 0 amide bonds. The lowest BCUT2D eigenvalue weighted by atomic mass is 10.1. The van der Waals surface area contributed by atoms with Crippen molar-refractivity contribution in [2.75, 3.05) is 37.7 Å². The van der Waals surface area contributed by atoms with Crippen LogP contribution in [0.5, 0.6) is 5.75 Å². The van der Waals surface area contributed by atoms with E-state index < -0.39 is 0 Å². The first kappa shape index (κ1) is 15.7. The fourth-order valence-electron chi connectivity index (χ4n) is 2.44. The van der Waals surface area contributed by atoms with E-state index in [-0.39, 0.29) is 0 Å². The van der Waals surface area contributed by atoms with Gasteiger partial charge in [0.05, 0.1) is 0 Å². The summed E-state index contributed by atoms with van der Waals surface area (Å²) in [5.41, 5.74) is 1.30. The van der Waals surface area contributed by atoms with Crippen LogP contribution >= 0.6 is 11.8 Å². The molecule has 4 heteroatoms. The number of nitrogens with one attached hydrogen (secondary N) is 1. The Kier molecular flexibility index (Phi) is 6.70. The highest BCUT2D eigenvalue weighted by Gasteiger charge is 2.10. The summed E-state index contributed by atoms with van der Waals surface area (Å²) in [7, 11) is 0. The van der Waals surface area contributed by atoms with Gasteiger partial charge in [-0.15, -0.1) is 0 Å². The second-order valence-electron chi connectivity index (χ2n) is 5.51. The first-order valence-corrected chi connectivity index (χ1v) is 8.71. The Hall–Kier alpha value is -0.710. The number of phenolic OH excluding ortho intramolecular Hbond substituents is 1. The Bertz CT molecular complexity index is 377. The Balaban J connectivity index is 1.57. The summed E-state index contributed by atoms with van der Waals surface area (Å²) in [5.74, 6) is 2.92. The number of thioether (sulfide) groups is 1. The molecular formula is C16H26N2OS. The number of aromatic hydroxyl groups is 1. The molecule has 0 radical (unpaired) electrons. The van der Waals surface area contributed by atoms with E-state index in [0.29, 0.717) is 11.8 Å². The third kappa shape index (κ3) is 5.73. The minimum Gasteiger partial charge on any atom is -0.508 e. The lowest BCUT2D eigenvalue weighted by Crippen LogP contribution is -2.39. The van der Waals surface area contributed by atoms with Crippen LogP contribution in [-0.4, -0.2) is 53.7 Å². The number of nitrogens with zero attached hydrogens (tertiary/aromatic N) is 1. The maximum Gasteiger partial charge on any atom is 0.115 e. The van der Waals surface area contributed by atoms with Gasteiger partial charge in [-0.2, -0.15) is 11.8 Å². The van der Waals surface area contributed by atoms with Crippen LogP contribution in [0.25, 0.3) is 0 Å². The van der Waals surface area contributed by atoms with E-state index in [1.807, 2.05) is 12.1 Å². The van der Waals surface area contributed by atoms with Crippen molar-refractivity contribution in [3.8, 4) is 5.75 Å². The normalized spacial score (nSPS) is 18.1. The predicted molar refractivity (Wildman–Crippen MR) is 87.7 cm³/mol. The smallest absolute Gasteiger partial charge is 0.115 e. The van der Waals surface area contributed by atoms with E-state index in [4.69, 9.17) is 0 Å². The molecule has 1 heterocycles. The summed E-state index contributed by atoms with van der Waals surface area (Å²) in [5, 5.41) is 12.9. The topological polar surface area (TPSA) is 35.5 Å². The van der Waals surface area contributed by atoms with Gasteiger partial charge in [-0.1, -0.05) is 12.1 Å². The Morgan fingerprint density at radius 1 is 1.25 bits per heavy atom. The van der Waals surface area contributed by atoms with Crippen LogP contribution in [0.3, 0.4) is 0 Å². The van der Waals surface area contributed by atoms with Gasteiger partial charge in [0.25, 0.3) is 0 Å². The van der Waals surface area contributed by atoms with Crippen molar-refractivity contribution in [3.63, 3.8) is 0 Å². The Labute approximate surface area is 126 Å². The van der Waals surface area contributed by atoms with E-state index in [1.54, 1.807) is 12.1 Å². The molecule has 1 aliphatic rings. The molecule has 0 saturated carbocycles. The molecule has 1 aromatic carbocycles. The van der Waals surface area contributed by atoms with Gasteiger partial charge in [0.15, 0.2) is 0 Å². The summed E-state index contributed by atoms with van der Waals surface area (Å²) in [6, 6.07) is 8.09. The largest absolute Gasteiger partial charge is 0.508 e. The molecule has 1 saturated heterocycles. The summed E-state index contributed by atoms with van der Waals surface area (Å²) in [6.07, 6.45) is 2.20. The summed E-state index contributed by atoms with van der Waals surface area (Å²) in [4.78, 5) is 2.55. The van der Waals surface area contributed by atoms with Crippen LogP contribution in [0.1, 0.15) is 18.9 Å². The fraction of sp³-hybridized carbons (Fsp3) is 0.625. The van der Waals surface area contributed by atoms with Crippen molar-refractivity contribution in [2.45, 2.75) is 25.8 Å². The van der Waals surface area contributed by atoms with Crippen LogP contribution in [0, 0.1) is 0 Å². The molecule has 112 valence electrons. The third-order valence-electron chi connectivity index (χ3n) is 3.83. The first-order chi connectivity index (χ1) is 9.74. The van der Waals surface area contributed by atoms with E-state index in [0.717, 1.165) is 19.4 Å². The Morgan fingerprint density at radius 2 is 1.95 bits per heavy atom. The molecule has 3 nitrogen and oxygen atoms in total. The monoisotopic (exact) mass is 294 g/mol. The van der Waals surface area contributed by atoms with Gasteiger partial charge in [0.1, 0.15) is 5.75 Å². The SMILES string of the molecule is CC(CCc1ccc(O)cc1)NCCN1CCSCC1. The van der Waals surface area contributed by atoms with Crippen LogP contribution in [0.4, 0.5) is 0 Å². The van der Waals surface area contributed by atoms with Crippen LogP contribution in [-0.2, 0) is 6.42 Å². The van der Waals surface area contributed by atoms with Crippen LogP contribution < -0.4 is 5.32 Å². The molecule has 2 rings (SSSR count). The third-order valence-corrected chi connectivity index (χ3v) is 4.77. The van der Waals surface area contributed by atoms with Gasteiger partial charge < -0.3 is 15.3 Å². The molecule has 2 N–H and O–H groups in total. The minimum absolute atomic E-state index is 0.347. The summed E-state index contributed by atoms with van der Waals surface area (Å²) >= 11 is 2.07. The zero-order chi connectivity index (χ0) is 14.2. The van der Waals surface area contributed by atoms with E-state index in [2.05, 4.69) is 28.9 Å². The van der Waals surface area contributed by atoms with Crippen molar-refractivity contribution >= 4 is 11.8 Å². The molecule has 1 unspecified atom stereocenters. The van der Waals surface area contributed by atoms with Crippen LogP contribution in [0.2, 0.25) is 0 Å². The minimum atomic E-state index is 0.347. The maximum absolute atomic E-state index is 9.26. The maximum atomic E-state index is 9.26. The van der Waals surface area contributed by atoms with Crippen LogP contribution in [0.15, 0.2) is 24.3 Å². The van der Waals surface area contributed by atoms with Gasteiger partial charge >= 0.3 is 0 Å². The van der Waals surface area contributed by atoms with Gasteiger partial charge in [0, 0.05) is 43.7 Å². The number of phenols is 1. The molecule has 0 bridgehead atoms. The zero-order valence-electron chi connectivity index (χ0n) is 12.3. The van der Waals surface area contributed by atoms with E-state index in [9.17, 15) is 5.11 Å². The summed E-state index contributed by atoms with van der Waals surface area (Å²) < 4.78 is 0. The quantitative estimate of drug-likeness (QED) is 0.809. The zero-order valence-corrected chi connectivity index (χ0v) is 13.2. The standard InChI is InChI=1S/C16H26N2OS/c1-14(2-3-15-4-6-16(19)7-5-15)17-8-9-18-10-12-20-13-11-18/h4-7,14,17,19H,2-3,8-13H2,1H3. The number of rotatable bonds is 7. The molecule has 0 aromatic heterocycles. The number of hydrogen-bond acceptors (Lipinski definition) is 4. The molecule has 1 fully saturated rings. The van der Waals surface area contributed by atoms with Crippen molar-refractivity contribution in [3.05, 3.63) is 29.8 Å². The molecule has 1 atom stereocenters. The number of hydrogen-bond donors (Lipinski definition) is 2. The van der Waals surface area contributed by atoms with Gasteiger partial charge in [-0.3, -0.25) is 0 Å². The lowest BCUT2D eigenvalue weighted by Gasteiger charge is -2.26. The van der Waals surface area contributed by atoms with Gasteiger partial charge in [-0.25, -0.2) is 0 Å². The number of aryl methyl sites for hydroxylation is 1. The average molecular weight is 294 g/mol. The van der Waals surface area contributed by atoms with Crippen molar-refractivity contribution in [1.82, 2.24) is 10.2 Å². The second-order valence-corrected chi connectivity index (χ2v) is 6.74. The highest BCUT2D eigenvalue weighted by Crippen LogP contribution is 2.12.